The number of halogens is 5. The summed E-state index contributed by atoms with van der Waals surface area (Å²) in [5.74, 6) is -0.858. The molecule has 0 spiro atoms. The summed E-state index contributed by atoms with van der Waals surface area (Å²) in [5.41, 5.74) is -2.59. The highest BCUT2D eigenvalue weighted by Gasteiger charge is 2.51. The van der Waals surface area contributed by atoms with Crippen LogP contribution in [-0.2, 0) is 51.1 Å². The van der Waals surface area contributed by atoms with Crippen LogP contribution in [0.15, 0.2) is 85.0 Å². The number of hydrogen-bond acceptors (Lipinski definition) is 18. The van der Waals surface area contributed by atoms with Crippen molar-refractivity contribution in [3.8, 4) is 0 Å². The molecule has 6 fully saturated rings. The number of nitrogens with one attached hydrogen (secondary N) is 6. The summed E-state index contributed by atoms with van der Waals surface area (Å²) in [5, 5.41) is 66.5. The number of carbonyl (C=O) groups is 8. The van der Waals surface area contributed by atoms with Crippen molar-refractivity contribution in [2.24, 2.45) is 35.5 Å². The van der Waals surface area contributed by atoms with Crippen molar-refractivity contribution in [2.45, 2.75) is 414 Å². The Bertz CT molecular complexity index is 3650. The maximum absolute atomic E-state index is 14.4. The second-order valence-corrected chi connectivity index (χ2v) is 60.7. The molecule has 0 aromatic heterocycles. The SMILES string of the molecule is CC(C)C[C@H](C)/C=C/[C@H](Cc1ccccc1)C(=O)N1CCC[C@H]1C(=O)N[C@@H](CCCNC(=O)OC1CC(C)(C)N(O)C(C)(C)C1)C(=O)NC1CC(C)(C)N(O)C(C)(C)C1.CC(C)C[C@H](C)/C=C/[C@H](Cc1ccccc1)C(=O)N1CCC[C@H]1C(=O)N[C@@H](CCCNC(=O)OC1CC(C)(C)N(O)C(C)(C)C1)C(=O)NC1CC(C)(C)N(O)C(C)(C)C1.CCCC(I)(I)I.CCCC(I)I. The molecule has 0 radical (unpaired) electrons. The second-order valence-electron chi connectivity index (χ2n) is 43.6. The predicted octanol–water partition coefficient (Wildman–Crippen LogP) is 20.7. The zero-order chi connectivity index (χ0) is 98.8. The maximum Gasteiger partial charge on any atom is 0.407 e. The quantitative estimate of drug-likeness (QED) is 0.0131. The van der Waals surface area contributed by atoms with E-state index in [0.717, 1.165) is 25.9 Å². The Labute approximate surface area is 855 Å². The van der Waals surface area contributed by atoms with Gasteiger partial charge in [-0.3, -0.25) is 28.8 Å². The Hall–Kier alpha value is -3.39. The Balaban J connectivity index is 0.000000407. The van der Waals surface area contributed by atoms with Gasteiger partial charge in [0.15, 0.2) is 0 Å². The number of hydrogen-bond donors (Lipinski definition) is 10. The number of carbonyl (C=O) groups excluding carboxylic acids is 8. The predicted molar refractivity (Wildman–Crippen MR) is 565 cm³/mol. The first-order valence-electron chi connectivity index (χ1n) is 48.1. The minimum absolute atomic E-state index is 0.0973. The van der Waals surface area contributed by atoms with Crippen LogP contribution >= 0.6 is 113 Å². The summed E-state index contributed by atoms with van der Waals surface area (Å²) in [7, 11) is 0. The molecule has 6 saturated heterocycles. The third kappa shape index (κ3) is 39.3. The van der Waals surface area contributed by atoms with Gasteiger partial charge in [0.25, 0.3) is 0 Å². The van der Waals surface area contributed by atoms with Gasteiger partial charge in [-0.25, -0.2) is 9.59 Å². The molecule has 8 rings (SSSR count). The normalized spacial score (nSPS) is 22.5. The Kier molecular flexibility index (Phi) is 48.0. The molecule has 31 heteroatoms. The number of ether oxygens (including phenoxy) is 2. The summed E-state index contributed by atoms with van der Waals surface area (Å²) < 4.78 is 12.9. The van der Waals surface area contributed by atoms with Crippen LogP contribution in [-0.4, -0.2) is 219 Å². The van der Waals surface area contributed by atoms with Crippen molar-refractivity contribution < 1.29 is 68.7 Å². The number of allylic oxidation sites excluding steroid dienone is 2. The first kappa shape index (κ1) is 118. The molecule has 6 heterocycles. The molecule has 2 aromatic rings. The van der Waals surface area contributed by atoms with Crippen LogP contribution in [0.2, 0.25) is 0 Å². The third-order valence-electron chi connectivity index (χ3n) is 25.8. The Morgan fingerprint density at radius 2 is 0.756 bits per heavy atom. The third-order valence-corrected chi connectivity index (χ3v) is 28.7. The van der Waals surface area contributed by atoms with Crippen LogP contribution in [0.4, 0.5) is 9.59 Å². The van der Waals surface area contributed by atoms with Crippen LogP contribution in [0.25, 0.3) is 0 Å². The molecule has 746 valence electrons. The van der Waals surface area contributed by atoms with E-state index in [-0.39, 0.29) is 85.7 Å². The Morgan fingerprint density at radius 1 is 0.450 bits per heavy atom. The minimum Gasteiger partial charge on any atom is -0.446 e. The fraction of sp³-hybridized carbons (Fsp3) is 0.760. The van der Waals surface area contributed by atoms with E-state index in [2.05, 4.69) is 212 Å². The lowest BCUT2D eigenvalue weighted by Gasteiger charge is -2.51. The smallest absolute Gasteiger partial charge is 0.407 e. The molecule has 2 aromatic carbocycles. The molecular weight excluding hydrogens is 2230 g/mol. The highest BCUT2D eigenvalue weighted by molar-refractivity contribution is 14.3. The van der Waals surface area contributed by atoms with Crippen molar-refractivity contribution >= 4 is 161 Å². The van der Waals surface area contributed by atoms with Gasteiger partial charge in [-0.1, -0.05) is 266 Å². The summed E-state index contributed by atoms with van der Waals surface area (Å²) in [6.07, 6.45) is 22.1. The van der Waals surface area contributed by atoms with Gasteiger partial charge in [-0.2, -0.15) is 20.3 Å². The van der Waals surface area contributed by atoms with E-state index in [1.54, 1.807) is 9.80 Å². The number of alkyl carbamates (subject to hydrolysis) is 2. The largest absolute Gasteiger partial charge is 0.446 e. The van der Waals surface area contributed by atoms with Gasteiger partial charge < -0.3 is 72.0 Å². The topological polar surface area (TPSA) is 328 Å². The van der Waals surface area contributed by atoms with Crippen molar-refractivity contribution in [1.82, 2.24) is 62.0 Å². The highest BCUT2D eigenvalue weighted by atomic mass is 127. The number of alkyl halides is 5. The first-order chi connectivity index (χ1) is 60.7. The molecule has 8 amide bonds. The van der Waals surface area contributed by atoms with E-state index in [4.69, 9.17) is 9.47 Å². The number of hydroxylamine groups is 8. The molecule has 6 aliphatic rings. The molecule has 8 atom stereocenters. The van der Waals surface area contributed by atoms with E-state index >= 15 is 0 Å². The highest BCUT2D eigenvalue weighted by Crippen LogP contribution is 2.43. The van der Waals surface area contributed by atoms with E-state index in [9.17, 15) is 59.2 Å². The van der Waals surface area contributed by atoms with E-state index in [1.807, 2.05) is 184 Å². The van der Waals surface area contributed by atoms with Gasteiger partial charge in [0.05, 0.1) is 13.8 Å². The van der Waals surface area contributed by atoms with Crippen LogP contribution in [0.3, 0.4) is 0 Å². The number of rotatable bonds is 36. The number of nitrogens with zero attached hydrogens (tertiary/aromatic N) is 6. The number of likely N-dealkylation sites (tertiary alicyclic amines) is 2. The Morgan fingerprint density at radius 3 is 1.02 bits per heavy atom. The van der Waals surface area contributed by atoms with Crippen LogP contribution in [0.1, 0.15) is 319 Å². The average molecular weight is 2400 g/mol. The molecule has 6 aliphatic heterocycles. The number of piperidine rings is 4. The van der Waals surface area contributed by atoms with Gasteiger partial charge in [0.1, 0.15) is 35.8 Å². The molecule has 0 saturated carbocycles. The summed E-state index contributed by atoms with van der Waals surface area (Å²) in [6.45, 7) is 49.6. The number of benzene rings is 2. The molecule has 26 nitrogen and oxygen atoms in total. The lowest BCUT2D eigenvalue weighted by Crippen LogP contribution is -2.64. The maximum atomic E-state index is 14.4. The van der Waals surface area contributed by atoms with Crippen molar-refractivity contribution in [2.75, 3.05) is 26.2 Å². The molecule has 10 N–H and O–H groups in total. The van der Waals surface area contributed by atoms with Crippen LogP contribution < -0.4 is 31.9 Å². The summed E-state index contributed by atoms with van der Waals surface area (Å²) >= 11 is 12.2. The lowest BCUT2D eigenvalue weighted by atomic mass is 9.79. The van der Waals surface area contributed by atoms with Crippen LogP contribution in [0.5, 0.6) is 0 Å². The number of amides is 8. The molecule has 131 heavy (non-hydrogen) atoms. The fourth-order valence-corrected chi connectivity index (χ4v) is 23.2. The second kappa shape index (κ2) is 53.3. The van der Waals surface area contributed by atoms with Gasteiger partial charge in [-0.05, 0) is 261 Å². The molecule has 0 unspecified atom stereocenters. The van der Waals surface area contributed by atoms with Gasteiger partial charge in [-0.15, -0.1) is 0 Å². The zero-order valence-corrected chi connectivity index (χ0v) is 94.3. The lowest BCUT2D eigenvalue weighted by molar-refractivity contribution is -0.256. The molecule has 0 aliphatic carbocycles. The average Bonchev–Trinajstić information content (AvgIpc) is 1.75. The minimum atomic E-state index is -0.927. The van der Waals surface area contributed by atoms with Crippen molar-refractivity contribution in [3.63, 3.8) is 0 Å². The van der Waals surface area contributed by atoms with Crippen molar-refractivity contribution in [1.29, 1.82) is 0 Å². The summed E-state index contributed by atoms with van der Waals surface area (Å²) in [6, 6.07) is 16.1. The van der Waals surface area contributed by atoms with E-state index in [1.165, 1.54) is 45.9 Å². The van der Waals surface area contributed by atoms with Crippen LogP contribution in [0, 0.1) is 35.5 Å². The van der Waals surface area contributed by atoms with Crippen molar-refractivity contribution in [3.05, 3.63) is 96.1 Å². The first-order valence-corrected chi connectivity index (χ1v) is 53.9. The van der Waals surface area contributed by atoms with E-state index in [0.29, 0.717) is 139 Å². The fourth-order valence-electron chi connectivity index (χ4n) is 20.4. The van der Waals surface area contributed by atoms with Gasteiger partial charge >= 0.3 is 12.2 Å². The van der Waals surface area contributed by atoms with Gasteiger partial charge in [0.2, 0.25) is 35.4 Å². The summed E-state index contributed by atoms with van der Waals surface area (Å²) in [4.78, 5) is 115. The standard InChI is InChI=1S/2C46H76N6O7.C4H7I3.C4H8I2/c2*1-31(2)25-32(3)21-22-34(26-33-17-13-12-14-18-33)41(55)50-24-16-20-38(50)40(54)49-37(39(53)48-35-27-43(4,5)51(57)44(6,7)28-35)19-15-23-47-42(56)59-36-29-45(8,9)52(58)46(10,11)30-36;1-2-3-4(5,6)7;1-2-3-4(5)6/h2*12-14,17-18,21-22,31-32,34-38,57-58H,15-16,19-20,23-30H2,1-11H3,(H,47,56)(H,48,53)(H,49,54);2-3H2,1H3;4H,2-3H2,1H3/b2*22-21+;;/t2*32-,34-,37+,38+;;/m11../s1. The molecule has 0 bridgehead atoms. The van der Waals surface area contributed by atoms with E-state index < -0.39 is 92.5 Å². The molecular formula is C100H167I5N12O14. The monoisotopic (exact) mass is 2390 g/mol. The zero-order valence-electron chi connectivity index (χ0n) is 83.5. The van der Waals surface area contributed by atoms with Gasteiger partial charge in [0, 0.05) is 108 Å².